The fraction of sp³-hybridized carbons (Fsp3) is 0.650. The first kappa shape index (κ1) is 20.3. The van der Waals surface area contributed by atoms with Crippen LogP contribution in [0.25, 0.3) is 0 Å². The van der Waals surface area contributed by atoms with Crippen molar-refractivity contribution in [3.63, 3.8) is 0 Å². The van der Waals surface area contributed by atoms with E-state index in [4.69, 9.17) is 0 Å². The van der Waals surface area contributed by atoms with Crippen LogP contribution in [0.4, 0.5) is 16.2 Å². The minimum Gasteiger partial charge on any atom is -0.393 e. The first-order chi connectivity index (χ1) is 13.8. The Morgan fingerprint density at radius 2 is 1.76 bits per heavy atom. The lowest BCUT2D eigenvalue weighted by atomic mass is 10.00. The number of rotatable bonds is 4. The molecule has 3 heterocycles. The third-order valence-corrected chi connectivity index (χ3v) is 6.83. The van der Waals surface area contributed by atoms with Gasteiger partial charge >= 0.3 is 6.03 Å². The molecule has 0 saturated carbocycles. The van der Waals surface area contributed by atoms with E-state index in [9.17, 15) is 18.3 Å². The SMILES string of the molecule is CS(=O)(=O)Nc1ccc(N2CCC[C@H](NC(=O)N3[C@@H]4CC[C@H]3C[C@@H](O)C4)C2)cc1. The molecule has 160 valence electrons. The molecule has 9 heteroatoms. The average molecular weight is 423 g/mol. The third kappa shape index (κ3) is 4.78. The second-order valence-electron chi connectivity index (χ2n) is 8.57. The summed E-state index contributed by atoms with van der Waals surface area (Å²) in [5.74, 6) is 0. The van der Waals surface area contributed by atoms with Crippen LogP contribution < -0.4 is 14.9 Å². The molecule has 1 aromatic rings. The van der Waals surface area contributed by atoms with Crippen LogP contribution in [0.3, 0.4) is 0 Å². The van der Waals surface area contributed by atoms with Crippen LogP contribution in [0.1, 0.15) is 38.5 Å². The number of nitrogens with one attached hydrogen (secondary N) is 2. The minimum absolute atomic E-state index is 0.00366. The Morgan fingerprint density at radius 1 is 1.10 bits per heavy atom. The van der Waals surface area contributed by atoms with Gasteiger partial charge in [0, 0.05) is 42.6 Å². The molecule has 4 atom stereocenters. The van der Waals surface area contributed by atoms with Crippen LogP contribution in [-0.4, -0.2) is 68.0 Å². The number of amides is 2. The predicted molar refractivity (Wildman–Crippen MR) is 113 cm³/mol. The van der Waals surface area contributed by atoms with Crippen molar-refractivity contribution in [1.29, 1.82) is 0 Å². The molecule has 3 saturated heterocycles. The predicted octanol–water partition coefficient (Wildman–Crippen LogP) is 1.72. The topological polar surface area (TPSA) is 102 Å². The number of hydrogen-bond acceptors (Lipinski definition) is 5. The number of hydrogen-bond donors (Lipinski definition) is 3. The van der Waals surface area contributed by atoms with Gasteiger partial charge in [0.05, 0.1) is 12.4 Å². The fourth-order valence-electron chi connectivity index (χ4n) is 5.01. The summed E-state index contributed by atoms with van der Waals surface area (Å²) in [5.41, 5.74) is 1.56. The number of nitrogens with zero attached hydrogens (tertiary/aromatic N) is 2. The van der Waals surface area contributed by atoms with Gasteiger partial charge in [0.2, 0.25) is 10.0 Å². The molecule has 3 N–H and O–H groups in total. The lowest BCUT2D eigenvalue weighted by Crippen LogP contribution is -2.56. The number of fused-ring (bicyclic) bond motifs is 2. The van der Waals surface area contributed by atoms with E-state index < -0.39 is 10.0 Å². The van der Waals surface area contributed by atoms with E-state index in [2.05, 4.69) is 14.9 Å². The molecule has 0 unspecified atom stereocenters. The van der Waals surface area contributed by atoms with Gasteiger partial charge in [-0.05, 0) is 62.8 Å². The maximum absolute atomic E-state index is 12.9. The number of anilines is 2. The molecule has 8 nitrogen and oxygen atoms in total. The second-order valence-corrected chi connectivity index (χ2v) is 10.3. The maximum Gasteiger partial charge on any atom is 0.318 e. The number of carbonyl (C=O) groups is 1. The number of sulfonamides is 1. The number of carbonyl (C=O) groups excluding carboxylic acids is 1. The highest BCUT2D eigenvalue weighted by Crippen LogP contribution is 2.35. The summed E-state index contributed by atoms with van der Waals surface area (Å²) in [6.45, 7) is 1.64. The van der Waals surface area contributed by atoms with E-state index in [1.165, 1.54) is 0 Å². The molecule has 0 aliphatic carbocycles. The van der Waals surface area contributed by atoms with Crippen LogP contribution in [0.15, 0.2) is 24.3 Å². The largest absolute Gasteiger partial charge is 0.393 e. The molecule has 0 radical (unpaired) electrons. The Morgan fingerprint density at radius 3 is 2.38 bits per heavy atom. The van der Waals surface area contributed by atoms with Gasteiger partial charge in [0.15, 0.2) is 0 Å². The van der Waals surface area contributed by atoms with E-state index in [0.717, 1.165) is 50.7 Å². The van der Waals surface area contributed by atoms with E-state index in [1.54, 1.807) is 12.1 Å². The lowest BCUT2D eigenvalue weighted by Gasteiger charge is -2.40. The maximum atomic E-state index is 12.9. The molecule has 4 rings (SSSR count). The molecule has 3 fully saturated rings. The molecule has 2 amide bonds. The number of aliphatic hydroxyl groups is 1. The minimum atomic E-state index is -3.29. The van der Waals surface area contributed by atoms with Crippen molar-refractivity contribution in [1.82, 2.24) is 10.2 Å². The molecule has 1 aromatic carbocycles. The zero-order valence-electron chi connectivity index (χ0n) is 16.8. The van der Waals surface area contributed by atoms with Crippen LogP contribution in [0.2, 0.25) is 0 Å². The van der Waals surface area contributed by atoms with Crippen molar-refractivity contribution in [2.75, 3.05) is 29.0 Å². The van der Waals surface area contributed by atoms with Crippen LogP contribution >= 0.6 is 0 Å². The quantitative estimate of drug-likeness (QED) is 0.686. The fourth-order valence-corrected chi connectivity index (χ4v) is 5.58. The highest BCUT2D eigenvalue weighted by atomic mass is 32.2. The first-order valence-electron chi connectivity index (χ1n) is 10.4. The van der Waals surface area contributed by atoms with Crippen molar-refractivity contribution in [3.8, 4) is 0 Å². The van der Waals surface area contributed by atoms with Crippen molar-refractivity contribution in [2.24, 2.45) is 0 Å². The molecule has 2 bridgehead atoms. The lowest BCUT2D eigenvalue weighted by molar-refractivity contribution is 0.0533. The zero-order valence-corrected chi connectivity index (χ0v) is 17.6. The smallest absolute Gasteiger partial charge is 0.318 e. The molecule has 0 spiro atoms. The normalized spacial score (nSPS) is 29.6. The van der Waals surface area contributed by atoms with Gasteiger partial charge in [-0.15, -0.1) is 0 Å². The molecular weight excluding hydrogens is 392 g/mol. The summed E-state index contributed by atoms with van der Waals surface area (Å²) in [6.07, 6.45) is 6.14. The second kappa shape index (κ2) is 8.02. The highest BCUT2D eigenvalue weighted by Gasteiger charge is 2.43. The van der Waals surface area contributed by atoms with Crippen molar-refractivity contribution in [3.05, 3.63) is 24.3 Å². The Hall–Kier alpha value is -2.00. The van der Waals surface area contributed by atoms with Gasteiger partial charge < -0.3 is 20.2 Å². The summed E-state index contributed by atoms with van der Waals surface area (Å²) in [4.78, 5) is 17.1. The number of urea groups is 1. The summed E-state index contributed by atoms with van der Waals surface area (Å²) < 4.78 is 25.2. The Bertz CT molecular complexity index is 831. The summed E-state index contributed by atoms with van der Waals surface area (Å²) >= 11 is 0. The van der Waals surface area contributed by atoms with E-state index in [1.807, 2.05) is 17.0 Å². The Balaban J connectivity index is 1.36. The number of piperidine rings is 2. The highest BCUT2D eigenvalue weighted by molar-refractivity contribution is 7.92. The van der Waals surface area contributed by atoms with Gasteiger partial charge in [-0.1, -0.05) is 0 Å². The summed E-state index contributed by atoms with van der Waals surface area (Å²) in [7, 11) is -3.29. The Kier molecular flexibility index (Phi) is 5.61. The molecule has 0 aromatic heterocycles. The van der Waals surface area contributed by atoms with Crippen molar-refractivity contribution in [2.45, 2.75) is 62.8 Å². The molecule has 3 aliphatic heterocycles. The number of benzene rings is 1. The van der Waals surface area contributed by atoms with Gasteiger partial charge in [0.1, 0.15) is 0 Å². The van der Waals surface area contributed by atoms with Gasteiger partial charge in [-0.25, -0.2) is 13.2 Å². The number of aliphatic hydroxyl groups excluding tert-OH is 1. The van der Waals surface area contributed by atoms with Gasteiger partial charge in [-0.2, -0.15) is 0 Å². The average Bonchev–Trinajstić information content (AvgIpc) is 2.93. The van der Waals surface area contributed by atoms with Crippen LogP contribution in [-0.2, 0) is 10.0 Å². The third-order valence-electron chi connectivity index (χ3n) is 6.23. The van der Waals surface area contributed by atoms with Crippen LogP contribution in [0.5, 0.6) is 0 Å². The Labute approximate surface area is 172 Å². The molecule has 3 aliphatic rings. The summed E-state index contributed by atoms with van der Waals surface area (Å²) in [5, 5.41) is 13.2. The van der Waals surface area contributed by atoms with Crippen molar-refractivity contribution >= 4 is 27.4 Å². The standard InChI is InChI=1S/C20H30N4O4S/c1-29(27,28)22-14-4-6-16(7-5-14)23-10-2-3-15(13-23)21-20(26)24-17-8-9-18(24)12-19(25)11-17/h4-7,15,17-19,22,25H,2-3,8-13H2,1H3,(H,21,26)/t15-,17-,18+,19+/m0/s1. The molecule has 29 heavy (non-hydrogen) atoms. The zero-order chi connectivity index (χ0) is 20.6. The monoisotopic (exact) mass is 422 g/mol. The summed E-state index contributed by atoms with van der Waals surface area (Å²) in [6, 6.07) is 7.75. The van der Waals surface area contributed by atoms with Gasteiger partial charge in [0.25, 0.3) is 0 Å². The van der Waals surface area contributed by atoms with E-state index in [-0.39, 0.29) is 30.3 Å². The van der Waals surface area contributed by atoms with Crippen molar-refractivity contribution < 1.29 is 18.3 Å². The molecular formula is C20H30N4O4S. The first-order valence-corrected chi connectivity index (χ1v) is 12.3. The van der Waals surface area contributed by atoms with Gasteiger partial charge in [-0.3, -0.25) is 4.72 Å². The van der Waals surface area contributed by atoms with E-state index >= 15 is 0 Å². The van der Waals surface area contributed by atoms with Crippen LogP contribution in [0, 0.1) is 0 Å². The van der Waals surface area contributed by atoms with E-state index in [0.29, 0.717) is 18.5 Å².